The van der Waals surface area contributed by atoms with Crippen molar-refractivity contribution in [2.24, 2.45) is 0 Å². The van der Waals surface area contributed by atoms with Gasteiger partial charge in [-0.15, -0.1) is 0 Å². The monoisotopic (exact) mass is 311 g/mol. The van der Waals surface area contributed by atoms with Gasteiger partial charge in [-0.05, 0) is 17.4 Å². The minimum atomic E-state index is -4.08. The molecule has 0 spiro atoms. The molecule has 118 valence electrons. The molecule has 0 aromatic carbocycles. The molecule has 9 heteroatoms. The van der Waals surface area contributed by atoms with E-state index in [4.69, 9.17) is 0 Å². The molecule has 0 unspecified atom stereocenters. The van der Waals surface area contributed by atoms with Gasteiger partial charge >= 0.3 is 6.18 Å². The van der Waals surface area contributed by atoms with E-state index in [0.29, 0.717) is 25.7 Å². The van der Waals surface area contributed by atoms with Crippen molar-refractivity contribution in [1.82, 2.24) is 6.15 Å². The van der Waals surface area contributed by atoms with Crippen molar-refractivity contribution < 1.29 is 30.5 Å². The fourth-order valence-electron chi connectivity index (χ4n) is 1.52. The highest BCUT2D eigenvalue weighted by Gasteiger charge is 2.25. The van der Waals surface area contributed by atoms with Crippen molar-refractivity contribution in [1.29, 1.82) is 0 Å². The van der Waals surface area contributed by atoms with Gasteiger partial charge in [0.15, 0.2) is 0 Å². The molecule has 3 N–H and O–H groups in total. The zero-order chi connectivity index (χ0) is 14.1. The first-order chi connectivity index (χ1) is 8.27. The Morgan fingerprint density at radius 3 is 1.68 bits per heavy atom. The maximum Gasteiger partial charge on any atom is 0.389 e. The van der Waals surface area contributed by atoms with E-state index in [-0.39, 0.29) is 18.3 Å². The van der Waals surface area contributed by atoms with Crippen LogP contribution in [0.1, 0.15) is 51.4 Å². The van der Waals surface area contributed by atoms with Gasteiger partial charge in [0.05, 0.1) is 5.75 Å². The number of rotatable bonds is 10. The van der Waals surface area contributed by atoms with E-state index in [1.807, 2.05) is 0 Å². The van der Waals surface area contributed by atoms with Gasteiger partial charge in [-0.3, -0.25) is 0 Å². The van der Waals surface area contributed by atoms with Crippen LogP contribution in [0.3, 0.4) is 0 Å². The van der Waals surface area contributed by atoms with E-state index in [0.717, 1.165) is 12.8 Å². The molecule has 0 aliphatic rings. The van der Waals surface area contributed by atoms with Gasteiger partial charge in [-0.25, -0.2) is 0 Å². The Balaban J connectivity index is 0. The summed E-state index contributed by atoms with van der Waals surface area (Å²) < 4.78 is 70.7. The Hall–Kier alpha value is -0.410. The summed E-state index contributed by atoms with van der Waals surface area (Å²) in [7, 11) is -4.03. The molecule has 0 fully saturated rings. The first kappa shape index (κ1) is 20.9. The van der Waals surface area contributed by atoms with Crippen molar-refractivity contribution in [3.05, 3.63) is 0 Å². The van der Waals surface area contributed by atoms with Crippen LogP contribution in [0.15, 0.2) is 0 Å². The zero-order valence-electron chi connectivity index (χ0n) is 10.7. The predicted octanol–water partition coefficient (Wildman–Crippen LogP) is 4.06. The topological polar surface area (TPSA) is 78.4 Å². The zero-order valence-corrected chi connectivity index (χ0v) is 11.5. The Kier molecular flexibility index (Phi) is 11.4. The summed E-state index contributed by atoms with van der Waals surface area (Å²) in [5.74, 6) is -0.364. The number of unbranched alkanes of at least 4 members (excludes halogenated alkanes) is 6. The smallest absolute Gasteiger partial charge is 0.344 e. The molecular formula is C10H21F4NO3S. The maximum atomic E-state index is 11.8. The molecular weight excluding hydrogens is 290 g/mol. The highest BCUT2D eigenvalue weighted by molar-refractivity contribution is 7.86. The number of halogens is 4. The fraction of sp³-hybridized carbons (Fsp3) is 1.00. The molecule has 0 aliphatic carbocycles. The molecule has 0 aromatic rings. The third-order valence-corrected chi connectivity index (χ3v) is 3.43. The second kappa shape index (κ2) is 10.4. The van der Waals surface area contributed by atoms with E-state index in [2.05, 4.69) is 4.39 Å². The normalized spacial score (nSPS) is 12.2. The molecule has 0 aromatic heterocycles. The first-order valence-electron chi connectivity index (χ1n) is 5.86. The van der Waals surface area contributed by atoms with Crippen LogP contribution in [0, 0.1) is 0 Å². The van der Waals surface area contributed by atoms with Gasteiger partial charge in [0.25, 0.3) is 10.1 Å². The lowest BCUT2D eigenvalue weighted by atomic mass is 10.1. The average molecular weight is 311 g/mol. The van der Waals surface area contributed by atoms with Gasteiger partial charge in [0, 0.05) is 6.42 Å². The van der Waals surface area contributed by atoms with E-state index in [1.54, 1.807) is 0 Å². The molecule has 0 aliphatic heterocycles. The highest BCUT2D eigenvalue weighted by Crippen LogP contribution is 2.23. The standard InChI is InChI=1S/C10H18F4O3S.H3N/c11-10(12,13)8-6-4-2-1-3-5-7-9-18(15,16)17-14;/h1-9H2;1H3. The summed E-state index contributed by atoms with van der Waals surface area (Å²) in [6.45, 7) is 0. The van der Waals surface area contributed by atoms with E-state index < -0.39 is 22.7 Å². The first-order valence-corrected chi connectivity index (χ1v) is 7.44. The Morgan fingerprint density at radius 1 is 0.842 bits per heavy atom. The second-order valence-electron chi connectivity index (χ2n) is 4.16. The molecule has 19 heavy (non-hydrogen) atoms. The molecule has 0 radical (unpaired) electrons. The third kappa shape index (κ3) is 15.5. The van der Waals surface area contributed by atoms with E-state index in [1.165, 1.54) is 0 Å². The van der Waals surface area contributed by atoms with Crippen LogP contribution in [0.4, 0.5) is 17.7 Å². The van der Waals surface area contributed by atoms with Crippen LogP contribution < -0.4 is 6.15 Å². The summed E-state index contributed by atoms with van der Waals surface area (Å²) in [5, 5.41) is 0. The predicted molar refractivity (Wildman–Crippen MR) is 64.0 cm³/mol. The molecule has 0 saturated heterocycles. The van der Waals surface area contributed by atoms with Gasteiger partial charge in [-0.1, -0.05) is 36.5 Å². The van der Waals surface area contributed by atoms with Gasteiger partial charge < -0.3 is 6.15 Å². The van der Waals surface area contributed by atoms with Crippen LogP contribution >= 0.6 is 0 Å². The summed E-state index contributed by atoms with van der Waals surface area (Å²) in [4.78, 5) is 0. The highest BCUT2D eigenvalue weighted by atomic mass is 32.2. The van der Waals surface area contributed by atoms with E-state index in [9.17, 15) is 26.1 Å². The molecule has 0 rings (SSSR count). The largest absolute Gasteiger partial charge is 0.389 e. The SMILES string of the molecule is N.O=S(=O)(CCCCCCCCCC(F)(F)F)OF. The Morgan fingerprint density at radius 2 is 1.26 bits per heavy atom. The van der Waals surface area contributed by atoms with Crippen LogP contribution in [-0.2, 0) is 14.5 Å². The van der Waals surface area contributed by atoms with Crippen molar-refractivity contribution >= 4 is 10.1 Å². The molecule has 0 saturated carbocycles. The fourth-order valence-corrected chi connectivity index (χ4v) is 2.14. The van der Waals surface area contributed by atoms with Crippen LogP contribution in [0.25, 0.3) is 0 Å². The lowest BCUT2D eigenvalue weighted by molar-refractivity contribution is -0.135. The van der Waals surface area contributed by atoms with Crippen molar-refractivity contribution in [3.8, 4) is 0 Å². The molecule has 0 heterocycles. The van der Waals surface area contributed by atoms with E-state index >= 15 is 0 Å². The van der Waals surface area contributed by atoms with Crippen molar-refractivity contribution in [2.75, 3.05) is 5.75 Å². The molecule has 0 amide bonds. The van der Waals surface area contributed by atoms with Crippen molar-refractivity contribution in [2.45, 2.75) is 57.5 Å². The summed E-state index contributed by atoms with van der Waals surface area (Å²) in [6.07, 6.45) is -1.10. The summed E-state index contributed by atoms with van der Waals surface area (Å²) >= 11 is 0. The van der Waals surface area contributed by atoms with Gasteiger partial charge in [0.2, 0.25) is 0 Å². The molecule has 0 atom stereocenters. The van der Waals surface area contributed by atoms with Crippen LogP contribution in [-0.4, -0.2) is 20.3 Å². The minimum absolute atomic E-state index is 0. The average Bonchev–Trinajstić information content (AvgIpc) is 2.25. The summed E-state index contributed by atoms with van der Waals surface area (Å²) in [5.41, 5.74) is 0. The Bertz CT molecular complexity index is 306. The molecule has 4 nitrogen and oxygen atoms in total. The number of hydrogen-bond acceptors (Lipinski definition) is 4. The summed E-state index contributed by atoms with van der Waals surface area (Å²) in [6, 6.07) is 0. The van der Waals surface area contributed by atoms with Crippen LogP contribution in [0.2, 0.25) is 0 Å². The number of alkyl halides is 3. The number of hydrogen-bond donors (Lipinski definition) is 1. The van der Waals surface area contributed by atoms with Gasteiger partial charge in [0.1, 0.15) is 0 Å². The second-order valence-corrected chi connectivity index (χ2v) is 5.81. The van der Waals surface area contributed by atoms with Crippen LogP contribution in [0.5, 0.6) is 0 Å². The van der Waals surface area contributed by atoms with Gasteiger partial charge in [-0.2, -0.15) is 21.6 Å². The Labute approximate surface area is 111 Å². The minimum Gasteiger partial charge on any atom is -0.344 e. The van der Waals surface area contributed by atoms with Crippen molar-refractivity contribution in [3.63, 3.8) is 0 Å². The lowest BCUT2D eigenvalue weighted by Gasteiger charge is -2.05. The maximum absolute atomic E-state index is 11.8. The third-order valence-electron chi connectivity index (χ3n) is 2.45. The quantitative estimate of drug-likeness (QED) is 0.487. The molecule has 0 bridgehead atoms. The lowest BCUT2D eigenvalue weighted by Crippen LogP contribution is -2.06.